The highest BCUT2D eigenvalue weighted by Gasteiger charge is 2.44. The van der Waals surface area contributed by atoms with Gasteiger partial charge in [-0.15, -0.1) is 18.9 Å². The fourth-order valence-electron chi connectivity index (χ4n) is 3.15. The molecule has 0 aromatic rings. The lowest BCUT2D eigenvalue weighted by atomic mass is 9.73. The molecule has 0 aromatic carbocycles. The van der Waals surface area contributed by atoms with Gasteiger partial charge in [0.2, 0.25) is 0 Å². The van der Waals surface area contributed by atoms with E-state index in [0.717, 1.165) is 32.1 Å². The minimum atomic E-state index is -1.58. The van der Waals surface area contributed by atoms with Gasteiger partial charge in [0.1, 0.15) is 0 Å². The smallest absolute Gasteiger partial charge is 0.184 e. The van der Waals surface area contributed by atoms with Crippen LogP contribution in [0.15, 0.2) is 24.8 Å². The van der Waals surface area contributed by atoms with Gasteiger partial charge in [0.15, 0.2) is 8.32 Å². The zero-order valence-corrected chi connectivity index (χ0v) is 13.8. The van der Waals surface area contributed by atoms with Gasteiger partial charge >= 0.3 is 0 Å². The van der Waals surface area contributed by atoms with Gasteiger partial charge in [-0.25, -0.2) is 0 Å². The summed E-state index contributed by atoms with van der Waals surface area (Å²) in [5, 5.41) is 0. The highest BCUT2D eigenvalue weighted by atomic mass is 28.4. The van der Waals surface area contributed by atoms with E-state index in [-0.39, 0.29) is 11.5 Å². The van der Waals surface area contributed by atoms with Gasteiger partial charge < -0.3 is 4.43 Å². The van der Waals surface area contributed by atoms with Crippen molar-refractivity contribution in [3.05, 3.63) is 24.8 Å². The van der Waals surface area contributed by atoms with E-state index < -0.39 is 8.32 Å². The summed E-state index contributed by atoms with van der Waals surface area (Å²) in [7, 11) is -1.58. The van der Waals surface area contributed by atoms with Crippen molar-refractivity contribution in [3.8, 4) is 12.3 Å². The average molecular weight is 276 g/mol. The topological polar surface area (TPSA) is 9.23 Å². The molecular formula is C17H28OSi. The monoisotopic (exact) mass is 276 g/mol. The second-order valence-corrected chi connectivity index (χ2v) is 11.0. The first-order valence-corrected chi connectivity index (χ1v) is 10.7. The lowest BCUT2D eigenvalue weighted by Gasteiger charge is -2.41. The second-order valence-electron chi connectivity index (χ2n) is 6.56. The normalized spacial score (nSPS) is 25.1. The van der Waals surface area contributed by atoms with Crippen LogP contribution in [-0.4, -0.2) is 14.4 Å². The SMILES string of the molecule is C#CCCC1(C(CC=C)O[Si](C)(C)C)CCCC1=C. The molecule has 2 atom stereocenters. The third-order valence-corrected chi connectivity index (χ3v) is 5.01. The van der Waals surface area contributed by atoms with Gasteiger partial charge in [-0.1, -0.05) is 18.2 Å². The maximum Gasteiger partial charge on any atom is 0.184 e. The molecule has 2 heteroatoms. The quantitative estimate of drug-likeness (QED) is 0.364. The van der Waals surface area contributed by atoms with E-state index in [4.69, 9.17) is 10.8 Å². The maximum atomic E-state index is 6.47. The zero-order valence-electron chi connectivity index (χ0n) is 12.8. The average Bonchev–Trinajstić information content (AvgIpc) is 2.67. The predicted molar refractivity (Wildman–Crippen MR) is 86.5 cm³/mol. The van der Waals surface area contributed by atoms with Crippen LogP contribution in [0.4, 0.5) is 0 Å². The molecule has 1 nitrogen and oxygen atoms in total. The Morgan fingerprint density at radius 2 is 2.21 bits per heavy atom. The van der Waals surface area contributed by atoms with Crippen molar-refractivity contribution >= 4 is 8.32 Å². The van der Waals surface area contributed by atoms with E-state index in [1.165, 1.54) is 12.0 Å². The molecule has 0 radical (unpaired) electrons. The van der Waals surface area contributed by atoms with Gasteiger partial charge in [0, 0.05) is 11.8 Å². The summed E-state index contributed by atoms with van der Waals surface area (Å²) in [6, 6.07) is 0. The van der Waals surface area contributed by atoms with E-state index in [0.29, 0.717) is 0 Å². The molecule has 0 N–H and O–H groups in total. The molecule has 0 heterocycles. The van der Waals surface area contributed by atoms with Crippen LogP contribution in [0.1, 0.15) is 38.5 Å². The first-order chi connectivity index (χ1) is 8.85. The van der Waals surface area contributed by atoms with Crippen molar-refractivity contribution in [2.45, 2.75) is 64.3 Å². The van der Waals surface area contributed by atoms with Gasteiger partial charge in [0.05, 0.1) is 6.10 Å². The van der Waals surface area contributed by atoms with Crippen LogP contribution in [0.3, 0.4) is 0 Å². The highest BCUT2D eigenvalue weighted by molar-refractivity contribution is 6.69. The van der Waals surface area contributed by atoms with Crippen molar-refractivity contribution in [2.24, 2.45) is 5.41 Å². The molecule has 19 heavy (non-hydrogen) atoms. The molecule has 2 unspecified atom stereocenters. The van der Waals surface area contributed by atoms with Gasteiger partial charge in [-0.05, 0) is 51.7 Å². The highest BCUT2D eigenvalue weighted by Crippen LogP contribution is 2.50. The minimum absolute atomic E-state index is 0.0842. The van der Waals surface area contributed by atoms with Crippen LogP contribution in [0.5, 0.6) is 0 Å². The Labute approximate surface area is 120 Å². The Kier molecular flexibility index (Phi) is 5.64. The minimum Gasteiger partial charge on any atom is -0.414 e. The Morgan fingerprint density at radius 1 is 1.53 bits per heavy atom. The number of hydrogen-bond donors (Lipinski definition) is 0. The first-order valence-electron chi connectivity index (χ1n) is 7.26. The molecule has 1 aliphatic rings. The fraction of sp³-hybridized carbons (Fsp3) is 0.647. The van der Waals surface area contributed by atoms with E-state index in [1.54, 1.807) is 0 Å². The molecule has 1 aliphatic carbocycles. The van der Waals surface area contributed by atoms with E-state index >= 15 is 0 Å². The fourth-order valence-corrected chi connectivity index (χ4v) is 4.33. The van der Waals surface area contributed by atoms with Crippen LogP contribution in [0.2, 0.25) is 19.6 Å². The Hall–Kier alpha value is -0.783. The van der Waals surface area contributed by atoms with Crippen LogP contribution in [-0.2, 0) is 4.43 Å². The molecule has 0 aliphatic heterocycles. The second kappa shape index (κ2) is 6.59. The Balaban J connectivity index is 3.00. The van der Waals surface area contributed by atoms with Crippen LogP contribution in [0.25, 0.3) is 0 Å². The summed E-state index contributed by atoms with van der Waals surface area (Å²) in [5.41, 5.74) is 1.42. The summed E-state index contributed by atoms with van der Waals surface area (Å²) in [6.45, 7) is 15.0. The number of terminal acetylenes is 1. The Morgan fingerprint density at radius 3 is 2.63 bits per heavy atom. The van der Waals surface area contributed by atoms with Gasteiger partial charge in [0.25, 0.3) is 0 Å². The van der Waals surface area contributed by atoms with Crippen LogP contribution < -0.4 is 0 Å². The van der Waals surface area contributed by atoms with E-state index in [1.807, 2.05) is 6.08 Å². The van der Waals surface area contributed by atoms with Crippen LogP contribution >= 0.6 is 0 Å². The number of rotatable bonds is 7. The first kappa shape index (κ1) is 16.3. The summed E-state index contributed by atoms with van der Waals surface area (Å²) in [5.74, 6) is 2.79. The van der Waals surface area contributed by atoms with E-state index in [2.05, 4.69) is 38.7 Å². The summed E-state index contributed by atoms with van der Waals surface area (Å²) in [6.07, 6.45) is 13.9. The molecule has 1 rings (SSSR count). The van der Waals surface area contributed by atoms with Crippen molar-refractivity contribution in [2.75, 3.05) is 0 Å². The molecular weight excluding hydrogens is 248 g/mol. The maximum absolute atomic E-state index is 6.47. The van der Waals surface area contributed by atoms with Crippen molar-refractivity contribution in [3.63, 3.8) is 0 Å². The zero-order chi connectivity index (χ0) is 14.5. The standard InChI is InChI=1S/C17H28OSi/c1-7-9-13-17(14-10-12-15(17)3)16(11-8-2)18-19(4,5)6/h1,8,16H,2-3,9-14H2,4-6H3. The molecule has 0 amide bonds. The van der Waals surface area contributed by atoms with Gasteiger partial charge in [-0.3, -0.25) is 0 Å². The molecule has 0 saturated heterocycles. The lowest BCUT2D eigenvalue weighted by Crippen LogP contribution is -2.43. The van der Waals surface area contributed by atoms with Crippen molar-refractivity contribution < 1.29 is 4.43 Å². The largest absolute Gasteiger partial charge is 0.414 e. The van der Waals surface area contributed by atoms with Crippen molar-refractivity contribution in [1.29, 1.82) is 0 Å². The molecule has 0 spiro atoms. The Bertz CT molecular complexity index is 372. The lowest BCUT2D eigenvalue weighted by molar-refractivity contribution is 0.0672. The third-order valence-electron chi connectivity index (χ3n) is 4.01. The van der Waals surface area contributed by atoms with Crippen LogP contribution in [0, 0.1) is 17.8 Å². The molecule has 0 bridgehead atoms. The summed E-state index contributed by atoms with van der Waals surface area (Å²) >= 11 is 0. The molecule has 1 saturated carbocycles. The van der Waals surface area contributed by atoms with Crippen molar-refractivity contribution in [1.82, 2.24) is 0 Å². The summed E-state index contributed by atoms with van der Waals surface area (Å²) in [4.78, 5) is 0. The van der Waals surface area contributed by atoms with Gasteiger partial charge in [-0.2, -0.15) is 0 Å². The number of hydrogen-bond acceptors (Lipinski definition) is 1. The molecule has 106 valence electrons. The molecule has 0 aromatic heterocycles. The predicted octanol–water partition coefficient (Wildman–Crippen LogP) is 4.92. The molecule has 1 fully saturated rings. The van der Waals surface area contributed by atoms with E-state index in [9.17, 15) is 0 Å². The summed E-state index contributed by atoms with van der Waals surface area (Å²) < 4.78 is 6.47. The third kappa shape index (κ3) is 4.09.